The average Bonchev–Trinajstić information content (AvgIpc) is 2.92. The molecule has 0 atom stereocenters. The second kappa shape index (κ2) is 5.02. The number of nitrogens with one attached hydrogen (secondary N) is 1. The summed E-state index contributed by atoms with van der Waals surface area (Å²) in [7, 11) is 0. The third-order valence-corrected chi connectivity index (χ3v) is 2.91. The van der Waals surface area contributed by atoms with E-state index in [1.807, 2.05) is 24.4 Å². The lowest BCUT2D eigenvalue weighted by molar-refractivity contribution is 0.483. The molecule has 0 spiro atoms. The number of hydrogen-bond acceptors (Lipinski definition) is 3. The predicted octanol–water partition coefficient (Wildman–Crippen LogP) is 3.12. The zero-order valence-electron chi connectivity index (χ0n) is 9.97. The number of furan rings is 1. The van der Waals surface area contributed by atoms with E-state index in [0.29, 0.717) is 0 Å². The maximum atomic E-state index is 5.28. The SMILES string of the molecule is c1coc(CNCc2cccc3cccnc23)c1. The van der Waals surface area contributed by atoms with Gasteiger partial charge in [-0.05, 0) is 23.8 Å². The Bertz CT molecular complexity index is 627. The van der Waals surface area contributed by atoms with Crippen LogP contribution in [-0.2, 0) is 13.1 Å². The maximum Gasteiger partial charge on any atom is 0.117 e. The highest BCUT2D eigenvalue weighted by Gasteiger charge is 2.01. The van der Waals surface area contributed by atoms with E-state index in [1.165, 1.54) is 10.9 Å². The molecule has 1 aromatic carbocycles. The number of pyridine rings is 1. The smallest absolute Gasteiger partial charge is 0.117 e. The van der Waals surface area contributed by atoms with Gasteiger partial charge in [-0.1, -0.05) is 24.3 Å². The monoisotopic (exact) mass is 238 g/mol. The van der Waals surface area contributed by atoms with E-state index in [2.05, 4.69) is 34.6 Å². The second-order valence-electron chi connectivity index (χ2n) is 4.18. The summed E-state index contributed by atoms with van der Waals surface area (Å²) in [4.78, 5) is 4.43. The lowest BCUT2D eigenvalue weighted by atomic mass is 10.1. The fourth-order valence-electron chi connectivity index (χ4n) is 2.04. The van der Waals surface area contributed by atoms with Crippen molar-refractivity contribution in [2.45, 2.75) is 13.1 Å². The molecule has 0 aliphatic rings. The van der Waals surface area contributed by atoms with Crippen molar-refractivity contribution in [2.75, 3.05) is 0 Å². The average molecular weight is 238 g/mol. The van der Waals surface area contributed by atoms with Gasteiger partial charge in [0.1, 0.15) is 5.76 Å². The summed E-state index contributed by atoms with van der Waals surface area (Å²) in [5.74, 6) is 0.947. The zero-order valence-corrected chi connectivity index (χ0v) is 9.97. The van der Waals surface area contributed by atoms with E-state index >= 15 is 0 Å². The van der Waals surface area contributed by atoms with Crippen molar-refractivity contribution >= 4 is 10.9 Å². The zero-order chi connectivity index (χ0) is 12.2. The Hall–Kier alpha value is -2.13. The van der Waals surface area contributed by atoms with Crippen molar-refractivity contribution in [3.63, 3.8) is 0 Å². The molecule has 0 fully saturated rings. The molecule has 1 N–H and O–H groups in total. The number of fused-ring (bicyclic) bond motifs is 1. The summed E-state index contributed by atoms with van der Waals surface area (Å²) in [5, 5.41) is 4.54. The van der Waals surface area contributed by atoms with Gasteiger partial charge in [-0.2, -0.15) is 0 Å². The van der Waals surface area contributed by atoms with Crippen LogP contribution in [0.3, 0.4) is 0 Å². The molecule has 3 aromatic rings. The Labute approximate surface area is 105 Å². The van der Waals surface area contributed by atoms with E-state index < -0.39 is 0 Å². The lowest BCUT2D eigenvalue weighted by Gasteiger charge is -2.06. The van der Waals surface area contributed by atoms with Crippen molar-refractivity contribution in [3.05, 3.63) is 66.2 Å². The maximum absolute atomic E-state index is 5.28. The number of aromatic nitrogens is 1. The van der Waals surface area contributed by atoms with Crippen molar-refractivity contribution in [1.29, 1.82) is 0 Å². The van der Waals surface area contributed by atoms with Gasteiger partial charge in [-0.15, -0.1) is 0 Å². The van der Waals surface area contributed by atoms with Crippen LogP contribution in [0.2, 0.25) is 0 Å². The first-order valence-corrected chi connectivity index (χ1v) is 5.99. The fourth-order valence-corrected chi connectivity index (χ4v) is 2.04. The molecular formula is C15H14N2O. The number of hydrogen-bond donors (Lipinski definition) is 1. The molecule has 3 heteroatoms. The van der Waals surface area contributed by atoms with E-state index in [4.69, 9.17) is 4.42 Å². The van der Waals surface area contributed by atoms with Gasteiger partial charge >= 0.3 is 0 Å². The van der Waals surface area contributed by atoms with E-state index in [1.54, 1.807) is 6.26 Å². The number of rotatable bonds is 4. The molecule has 0 unspecified atom stereocenters. The summed E-state index contributed by atoms with van der Waals surface area (Å²) in [6.45, 7) is 1.52. The predicted molar refractivity (Wildman–Crippen MR) is 71.0 cm³/mol. The van der Waals surface area contributed by atoms with Crippen molar-refractivity contribution < 1.29 is 4.42 Å². The van der Waals surface area contributed by atoms with Crippen LogP contribution in [0.25, 0.3) is 10.9 Å². The normalized spacial score (nSPS) is 10.9. The van der Waals surface area contributed by atoms with Gasteiger partial charge in [-0.3, -0.25) is 4.98 Å². The Balaban J connectivity index is 1.74. The van der Waals surface area contributed by atoms with E-state index in [9.17, 15) is 0 Å². The van der Waals surface area contributed by atoms with Gasteiger partial charge in [0.15, 0.2) is 0 Å². The van der Waals surface area contributed by atoms with Crippen LogP contribution in [-0.4, -0.2) is 4.98 Å². The summed E-state index contributed by atoms with van der Waals surface area (Å²) in [6, 6.07) is 14.2. The van der Waals surface area contributed by atoms with Gasteiger partial charge < -0.3 is 9.73 Å². The van der Waals surface area contributed by atoms with Gasteiger partial charge in [0.25, 0.3) is 0 Å². The van der Waals surface area contributed by atoms with Gasteiger partial charge in [0, 0.05) is 18.1 Å². The molecule has 0 aliphatic heterocycles. The molecule has 2 heterocycles. The molecule has 3 nitrogen and oxygen atoms in total. The Morgan fingerprint density at radius 2 is 1.94 bits per heavy atom. The Morgan fingerprint density at radius 3 is 2.83 bits per heavy atom. The largest absolute Gasteiger partial charge is 0.468 e. The lowest BCUT2D eigenvalue weighted by Crippen LogP contribution is -2.12. The molecule has 3 rings (SSSR count). The number of nitrogens with zero attached hydrogens (tertiary/aromatic N) is 1. The summed E-state index contributed by atoms with van der Waals surface area (Å²) < 4.78 is 5.28. The molecule has 0 aliphatic carbocycles. The molecule has 90 valence electrons. The molecule has 0 bridgehead atoms. The van der Waals surface area contributed by atoms with Gasteiger partial charge in [-0.25, -0.2) is 0 Å². The minimum absolute atomic E-state index is 0.732. The highest BCUT2D eigenvalue weighted by Crippen LogP contribution is 2.15. The van der Waals surface area contributed by atoms with E-state index in [-0.39, 0.29) is 0 Å². The Morgan fingerprint density at radius 1 is 1.00 bits per heavy atom. The van der Waals surface area contributed by atoms with Gasteiger partial charge in [0.2, 0.25) is 0 Å². The molecule has 2 aromatic heterocycles. The third-order valence-electron chi connectivity index (χ3n) is 2.91. The number of para-hydroxylation sites is 1. The molecular weight excluding hydrogens is 224 g/mol. The molecule has 0 amide bonds. The minimum atomic E-state index is 0.732. The highest BCUT2D eigenvalue weighted by molar-refractivity contribution is 5.81. The van der Waals surface area contributed by atoms with Crippen molar-refractivity contribution in [2.24, 2.45) is 0 Å². The van der Waals surface area contributed by atoms with Crippen LogP contribution < -0.4 is 5.32 Å². The molecule has 0 saturated carbocycles. The first-order chi connectivity index (χ1) is 8.93. The van der Waals surface area contributed by atoms with Crippen LogP contribution in [0, 0.1) is 0 Å². The molecule has 18 heavy (non-hydrogen) atoms. The van der Waals surface area contributed by atoms with Gasteiger partial charge in [0.05, 0.1) is 18.3 Å². The summed E-state index contributed by atoms with van der Waals surface area (Å²) >= 11 is 0. The van der Waals surface area contributed by atoms with Crippen LogP contribution in [0.5, 0.6) is 0 Å². The van der Waals surface area contributed by atoms with Crippen molar-refractivity contribution in [3.8, 4) is 0 Å². The van der Waals surface area contributed by atoms with Crippen LogP contribution in [0.4, 0.5) is 0 Å². The minimum Gasteiger partial charge on any atom is -0.468 e. The quantitative estimate of drug-likeness (QED) is 0.759. The second-order valence-corrected chi connectivity index (χ2v) is 4.18. The van der Waals surface area contributed by atoms with Crippen molar-refractivity contribution in [1.82, 2.24) is 10.3 Å². The first kappa shape index (κ1) is 11.0. The first-order valence-electron chi connectivity index (χ1n) is 5.99. The summed E-state index contributed by atoms with van der Waals surface area (Å²) in [5.41, 5.74) is 2.27. The number of benzene rings is 1. The van der Waals surface area contributed by atoms with Crippen LogP contribution in [0.1, 0.15) is 11.3 Å². The Kier molecular flexibility index (Phi) is 3.07. The topological polar surface area (TPSA) is 38.1 Å². The fraction of sp³-hybridized carbons (Fsp3) is 0.133. The van der Waals surface area contributed by atoms with Crippen LogP contribution in [0.15, 0.2) is 59.3 Å². The third kappa shape index (κ3) is 2.26. The standard InChI is InChI=1S/C15H14N2O/c1-4-12-6-2-8-17-15(12)13(5-1)10-16-11-14-7-3-9-18-14/h1-9,16H,10-11H2. The molecule has 0 radical (unpaired) electrons. The van der Waals surface area contributed by atoms with Crippen LogP contribution >= 0.6 is 0 Å². The summed E-state index contributed by atoms with van der Waals surface area (Å²) in [6.07, 6.45) is 3.52. The molecule has 0 saturated heterocycles. The van der Waals surface area contributed by atoms with E-state index in [0.717, 1.165) is 24.4 Å². The highest BCUT2D eigenvalue weighted by atomic mass is 16.3.